The van der Waals surface area contributed by atoms with Crippen LogP contribution in [-0.2, 0) is 0 Å². The molecule has 21 heavy (non-hydrogen) atoms. The molecule has 5 nitrogen and oxygen atoms in total. The molecule has 0 aliphatic heterocycles. The number of rotatable bonds is 6. The minimum Gasteiger partial charge on any atom is -0.382 e. The summed E-state index contributed by atoms with van der Waals surface area (Å²) >= 11 is 1.35. The largest absolute Gasteiger partial charge is 0.382 e. The standard InChI is InChI=1S/C15H22N4OS/c16-13-12(21-15(19-13)18-11-6-3-7-11)14(20)17-9-8-10-4-1-2-5-10/h4,11H,1-3,5-9,16H2,(H,17,20)(H,18,19). The fraction of sp³-hybridized carbons (Fsp3) is 0.600. The number of anilines is 2. The minimum atomic E-state index is -0.106. The highest BCUT2D eigenvalue weighted by Crippen LogP contribution is 2.29. The second-order valence-electron chi connectivity index (χ2n) is 5.77. The maximum atomic E-state index is 12.2. The Morgan fingerprint density at radius 1 is 1.43 bits per heavy atom. The van der Waals surface area contributed by atoms with Crippen molar-refractivity contribution in [3.63, 3.8) is 0 Å². The molecule has 1 aromatic rings. The van der Waals surface area contributed by atoms with Gasteiger partial charge >= 0.3 is 0 Å². The van der Waals surface area contributed by atoms with Gasteiger partial charge in [0.1, 0.15) is 10.7 Å². The Morgan fingerprint density at radius 2 is 2.29 bits per heavy atom. The SMILES string of the molecule is Nc1nc(NC2CCC2)sc1C(=O)NCCC1=CCCC1. The lowest BCUT2D eigenvalue weighted by Gasteiger charge is -2.25. The van der Waals surface area contributed by atoms with Gasteiger partial charge in [0.05, 0.1) is 0 Å². The molecule has 114 valence electrons. The molecule has 2 aliphatic rings. The molecule has 0 unspecified atom stereocenters. The molecule has 0 bridgehead atoms. The Balaban J connectivity index is 1.51. The smallest absolute Gasteiger partial charge is 0.265 e. The second kappa shape index (κ2) is 6.47. The van der Waals surface area contributed by atoms with E-state index in [1.165, 1.54) is 55.4 Å². The van der Waals surface area contributed by atoms with E-state index < -0.39 is 0 Å². The van der Waals surface area contributed by atoms with Crippen molar-refractivity contribution in [2.24, 2.45) is 0 Å². The van der Waals surface area contributed by atoms with Crippen LogP contribution in [0.4, 0.5) is 10.9 Å². The van der Waals surface area contributed by atoms with Gasteiger partial charge in [-0.15, -0.1) is 0 Å². The number of carbonyl (C=O) groups is 1. The third kappa shape index (κ3) is 3.56. The fourth-order valence-corrected chi connectivity index (χ4v) is 3.54. The van der Waals surface area contributed by atoms with E-state index >= 15 is 0 Å². The molecule has 0 spiro atoms. The van der Waals surface area contributed by atoms with Gasteiger partial charge < -0.3 is 16.4 Å². The molecule has 0 radical (unpaired) electrons. The van der Waals surface area contributed by atoms with Crippen LogP contribution < -0.4 is 16.4 Å². The zero-order chi connectivity index (χ0) is 14.7. The van der Waals surface area contributed by atoms with E-state index in [-0.39, 0.29) is 5.91 Å². The molecule has 1 fully saturated rings. The lowest BCUT2D eigenvalue weighted by atomic mass is 9.93. The minimum absolute atomic E-state index is 0.106. The lowest BCUT2D eigenvalue weighted by molar-refractivity contribution is 0.0959. The summed E-state index contributed by atoms with van der Waals surface area (Å²) < 4.78 is 0. The summed E-state index contributed by atoms with van der Waals surface area (Å²) in [6.45, 7) is 0.674. The quantitative estimate of drug-likeness (QED) is 0.706. The Hall–Kier alpha value is -1.56. The van der Waals surface area contributed by atoms with E-state index in [0.29, 0.717) is 23.3 Å². The highest BCUT2D eigenvalue weighted by atomic mass is 32.1. The predicted octanol–water partition coefficient (Wildman–Crippen LogP) is 2.92. The number of amides is 1. The molecule has 3 rings (SSSR count). The van der Waals surface area contributed by atoms with Crippen molar-refractivity contribution in [2.75, 3.05) is 17.6 Å². The van der Waals surface area contributed by atoms with E-state index in [9.17, 15) is 4.79 Å². The average molecular weight is 306 g/mol. The van der Waals surface area contributed by atoms with E-state index in [1.807, 2.05) is 0 Å². The van der Waals surface area contributed by atoms with Crippen LogP contribution in [0.3, 0.4) is 0 Å². The molecule has 1 amide bonds. The van der Waals surface area contributed by atoms with Crippen molar-refractivity contribution in [2.45, 2.75) is 51.0 Å². The van der Waals surface area contributed by atoms with Crippen LogP contribution in [0.2, 0.25) is 0 Å². The van der Waals surface area contributed by atoms with Crippen LogP contribution in [0.15, 0.2) is 11.6 Å². The highest BCUT2D eigenvalue weighted by Gasteiger charge is 2.21. The van der Waals surface area contributed by atoms with E-state index in [4.69, 9.17) is 5.73 Å². The first-order valence-electron chi connectivity index (χ1n) is 7.71. The van der Waals surface area contributed by atoms with Crippen molar-refractivity contribution in [1.82, 2.24) is 10.3 Å². The second-order valence-corrected chi connectivity index (χ2v) is 6.77. The number of nitrogens with zero attached hydrogens (tertiary/aromatic N) is 1. The highest BCUT2D eigenvalue weighted by molar-refractivity contribution is 7.18. The molecular formula is C15H22N4OS. The van der Waals surface area contributed by atoms with E-state index in [1.54, 1.807) is 0 Å². The number of carbonyl (C=O) groups excluding carboxylic acids is 1. The number of hydrogen-bond acceptors (Lipinski definition) is 5. The summed E-state index contributed by atoms with van der Waals surface area (Å²) in [7, 11) is 0. The van der Waals surface area contributed by atoms with Gasteiger partial charge in [-0.2, -0.15) is 0 Å². The molecule has 4 N–H and O–H groups in total. The fourth-order valence-electron chi connectivity index (χ4n) is 2.66. The van der Waals surface area contributed by atoms with Crippen LogP contribution in [0, 0.1) is 0 Å². The number of hydrogen-bond donors (Lipinski definition) is 3. The average Bonchev–Trinajstić information content (AvgIpc) is 3.03. The van der Waals surface area contributed by atoms with Gasteiger partial charge in [0.15, 0.2) is 5.13 Å². The molecule has 0 atom stereocenters. The monoisotopic (exact) mass is 306 g/mol. The molecule has 1 heterocycles. The first-order valence-corrected chi connectivity index (χ1v) is 8.53. The van der Waals surface area contributed by atoms with Gasteiger partial charge in [-0.05, 0) is 44.9 Å². The third-order valence-corrected chi connectivity index (χ3v) is 5.16. The molecule has 0 saturated heterocycles. The van der Waals surface area contributed by atoms with Gasteiger partial charge in [-0.25, -0.2) is 4.98 Å². The van der Waals surface area contributed by atoms with Crippen LogP contribution in [0.5, 0.6) is 0 Å². The summed E-state index contributed by atoms with van der Waals surface area (Å²) in [6.07, 6.45) is 10.5. The Morgan fingerprint density at radius 3 is 2.95 bits per heavy atom. The molecule has 1 saturated carbocycles. The lowest BCUT2D eigenvalue weighted by Crippen LogP contribution is -2.26. The maximum absolute atomic E-state index is 12.2. The van der Waals surface area contributed by atoms with Crippen molar-refractivity contribution in [1.29, 1.82) is 0 Å². The van der Waals surface area contributed by atoms with Gasteiger partial charge in [-0.1, -0.05) is 23.0 Å². The van der Waals surface area contributed by atoms with Gasteiger partial charge in [0.25, 0.3) is 5.91 Å². The van der Waals surface area contributed by atoms with E-state index in [2.05, 4.69) is 21.7 Å². The molecule has 1 aromatic heterocycles. The Kier molecular flexibility index (Phi) is 4.43. The van der Waals surface area contributed by atoms with Crippen molar-refractivity contribution in [3.8, 4) is 0 Å². The summed E-state index contributed by atoms with van der Waals surface area (Å²) in [5.74, 6) is 0.227. The van der Waals surface area contributed by atoms with Gasteiger partial charge in [0.2, 0.25) is 0 Å². The first kappa shape index (κ1) is 14.4. The molecule has 6 heteroatoms. The topological polar surface area (TPSA) is 80.0 Å². The molecule has 0 aromatic carbocycles. The van der Waals surface area contributed by atoms with E-state index in [0.717, 1.165) is 11.6 Å². The first-order chi connectivity index (χ1) is 10.2. The summed E-state index contributed by atoms with van der Waals surface area (Å²) in [4.78, 5) is 16.9. The number of allylic oxidation sites excluding steroid dienone is 1. The predicted molar refractivity (Wildman–Crippen MR) is 86.7 cm³/mol. The molecule has 2 aliphatic carbocycles. The summed E-state index contributed by atoms with van der Waals surface area (Å²) in [6, 6.07) is 0.501. The Bertz CT molecular complexity index is 548. The number of aromatic nitrogens is 1. The van der Waals surface area contributed by atoms with Crippen molar-refractivity contribution >= 4 is 28.2 Å². The van der Waals surface area contributed by atoms with Crippen molar-refractivity contribution in [3.05, 3.63) is 16.5 Å². The number of thiazole rings is 1. The van der Waals surface area contributed by atoms with Gasteiger partial charge in [0, 0.05) is 12.6 Å². The number of nitrogens with two attached hydrogens (primary N) is 1. The summed E-state index contributed by atoms with van der Waals surface area (Å²) in [5.41, 5.74) is 7.32. The number of nitrogen functional groups attached to an aromatic ring is 1. The van der Waals surface area contributed by atoms with Crippen LogP contribution in [0.25, 0.3) is 0 Å². The zero-order valence-corrected chi connectivity index (χ0v) is 13.0. The van der Waals surface area contributed by atoms with Crippen LogP contribution in [0.1, 0.15) is 54.6 Å². The van der Waals surface area contributed by atoms with Gasteiger partial charge in [-0.3, -0.25) is 4.79 Å². The Labute approximate surface area is 129 Å². The van der Waals surface area contributed by atoms with Crippen LogP contribution >= 0.6 is 11.3 Å². The van der Waals surface area contributed by atoms with Crippen molar-refractivity contribution < 1.29 is 4.79 Å². The van der Waals surface area contributed by atoms with Crippen LogP contribution in [-0.4, -0.2) is 23.5 Å². The third-order valence-electron chi connectivity index (χ3n) is 4.16. The maximum Gasteiger partial charge on any atom is 0.265 e. The zero-order valence-electron chi connectivity index (χ0n) is 12.2. The normalized spacial score (nSPS) is 18.2. The summed E-state index contributed by atoms with van der Waals surface area (Å²) in [5, 5.41) is 7.04. The number of nitrogens with one attached hydrogen (secondary N) is 2. The molecular weight excluding hydrogens is 284 g/mol.